The van der Waals surface area contributed by atoms with Crippen LogP contribution in [0.3, 0.4) is 0 Å². The van der Waals surface area contributed by atoms with Crippen LogP contribution in [-0.2, 0) is 11.3 Å². The lowest BCUT2D eigenvalue weighted by molar-refractivity contribution is -0.134. The maximum Gasteiger partial charge on any atom is 0.230 e. The fourth-order valence-corrected chi connectivity index (χ4v) is 4.31. The van der Waals surface area contributed by atoms with Gasteiger partial charge < -0.3 is 9.47 Å². The minimum atomic E-state index is -0.0436. The van der Waals surface area contributed by atoms with Crippen LogP contribution in [0.15, 0.2) is 36.5 Å². The standard InChI is InChI=1S/C20H25N3O/c1-4-22(5-2)20(24)15-11-17-16-8-6-7-14-9-10-23(19(14)16)13-18(17)21(3)12-15/h6-11,15,18H,4-5,12-13H2,1-3H3/t15-,18-/m0/s1. The molecular formula is C20H25N3O. The summed E-state index contributed by atoms with van der Waals surface area (Å²) in [6.45, 7) is 7.43. The van der Waals surface area contributed by atoms with Gasteiger partial charge in [-0.2, -0.15) is 0 Å². The van der Waals surface area contributed by atoms with Gasteiger partial charge in [-0.25, -0.2) is 0 Å². The van der Waals surface area contributed by atoms with E-state index in [0.29, 0.717) is 6.04 Å². The molecule has 4 nitrogen and oxygen atoms in total. The van der Waals surface area contributed by atoms with Crippen LogP contribution in [0.2, 0.25) is 0 Å². The molecule has 24 heavy (non-hydrogen) atoms. The number of rotatable bonds is 3. The first kappa shape index (κ1) is 15.5. The molecular weight excluding hydrogens is 298 g/mol. The number of hydrogen-bond donors (Lipinski definition) is 0. The summed E-state index contributed by atoms with van der Waals surface area (Å²) >= 11 is 0. The Balaban J connectivity index is 1.80. The van der Waals surface area contributed by atoms with Crippen molar-refractivity contribution in [2.75, 3.05) is 26.7 Å². The zero-order valence-corrected chi connectivity index (χ0v) is 14.7. The number of aromatic nitrogens is 1. The van der Waals surface area contributed by atoms with Crippen LogP contribution in [0.5, 0.6) is 0 Å². The molecule has 3 heterocycles. The lowest BCUT2D eigenvalue weighted by Crippen LogP contribution is -2.48. The number of carbonyl (C=O) groups is 1. The van der Waals surface area contributed by atoms with Crippen LogP contribution in [0, 0.1) is 5.92 Å². The maximum atomic E-state index is 12.9. The minimum absolute atomic E-state index is 0.0436. The molecule has 0 bridgehead atoms. The van der Waals surface area contributed by atoms with Gasteiger partial charge in [0.25, 0.3) is 0 Å². The Labute approximate surface area is 143 Å². The van der Waals surface area contributed by atoms with Gasteiger partial charge in [-0.05, 0) is 32.5 Å². The Kier molecular flexibility index (Phi) is 3.72. The summed E-state index contributed by atoms with van der Waals surface area (Å²) in [4.78, 5) is 17.2. The van der Waals surface area contributed by atoms with E-state index in [1.54, 1.807) is 0 Å². The Morgan fingerprint density at radius 2 is 2.00 bits per heavy atom. The SMILES string of the molecule is CCN(CC)C(=O)[C@H]1C=C2c3cccc4ccn(c34)C[C@@H]2N(C)C1. The van der Waals surface area contributed by atoms with Crippen molar-refractivity contribution in [3.05, 3.63) is 42.1 Å². The van der Waals surface area contributed by atoms with E-state index in [0.717, 1.165) is 26.2 Å². The molecule has 2 atom stereocenters. The summed E-state index contributed by atoms with van der Waals surface area (Å²) < 4.78 is 2.36. The molecule has 0 saturated heterocycles. The van der Waals surface area contributed by atoms with Crippen LogP contribution in [0.1, 0.15) is 19.4 Å². The van der Waals surface area contributed by atoms with Crippen LogP contribution < -0.4 is 0 Å². The van der Waals surface area contributed by atoms with E-state index < -0.39 is 0 Å². The second-order valence-electron chi connectivity index (χ2n) is 6.91. The van der Waals surface area contributed by atoms with Crippen molar-refractivity contribution in [3.63, 3.8) is 0 Å². The first-order valence-corrected chi connectivity index (χ1v) is 8.93. The van der Waals surface area contributed by atoms with Crippen molar-refractivity contribution < 1.29 is 4.79 Å². The van der Waals surface area contributed by atoms with E-state index in [2.05, 4.69) is 66.9 Å². The third-order valence-corrected chi connectivity index (χ3v) is 5.62. The van der Waals surface area contributed by atoms with Crippen molar-refractivity contribution in [1.29, 1.82) is 0 Å². The van der Waals surface area contributed by atoms with Crippen molar-refractivity contribution in [2.45, 2.75) is 26.4 Å². The van der Waals surface area contributed by atoms with Gasteiger partial charge in [0.05, 0.1) is 17.5 Å². The van der Waals surface area contributed by atoms with Gasteiger partial charge in [-0.1, -0.05) is 24.3 Å². The van der Waals surface area contributed by atoms with E-state index in [-0.39, 0.29) is 11.8 Å². The number of benzene rings is 1. The highest BCUT2D eigenvalue weighted by Gasteiger charge is 2.36. The molecule has 0 spiro atoms. The quantitative estimate of drug-likeness (QED) is 0.869. The lowest BCUT2D eigenvalue weighted by Gasteiger charge is -2.41. The average molecular weight is 323 g/mol. The van der Waals surface area contributed by atoms with Crippen molar-refractivity contribution in [2.24, 2.45) is 5.92 Å². The molecule has 2 aliphatic rings. The predicted molar refractivity (Wildman–Crippen MR) is 97.8 cm³/mol. The highest BCUT2D eigenvalue weighted by atomic mass is 16.2. The van der Waals surface area contributed by atoms with Gasteiger partial charge >= 0.3 is 0 Å². The Morgan fingerprint density at radius 3 is 2.75 bits per heavy atom. The summed E-state index contributed by atoms with van der Waals surface area (Å²) in [7, 11) is 2.15. The van der Waals surface area contributed by atoms with Gasteiger partial charge in [-0.3, -0.25) is 9.69 Å². The average Bonchev–Trinajstić information content (AvgIpc) is 3.01. The van der Waals surface area contributed by atoms with Crippen molar-refractivity contribution in [1.82, 2.24) is 14.4 Å². The second kappa shape index (κ2) is 5.78. The zero-order chi connectivity index (χ0) is 16.8. The molecule has 0 radical (unpaired) electrons. The normalized spacial score (nSPS) is 23.0. The Morgan fingerprint density at radius 1 is 1.21 bits per heavy atom. The summed E-state index contributed by atoms with van der Waals surface area (Å²) in [5.74, 6) is 0.212. The summed E-state index contributed by atoms with van der Waals surface area (Å²) in [6.07, 6.45) is 4.43. The van der Waals surface area contributed by atoms with Gasteiger partial charge in [-0.15, -0.1) is 0 Å². The second-order valence-corrected chi connectivity index (χ2v) is 6.91. The van der Waals surface area contributed by atoms with Crippen LogP contribution >= 0.6 is 0 Å². The molecule has 0 aliphatic carbocycles. The number of carbonyl (C=O) groups excluding carboxylic acids is 1. The molecule has 0 fully saturated rings. The minimum Gasteiger partial charge on any atom is -0.345 e. The smallest absolute Gasteiger partial charge is 0.230 e. The Hall–Kier alpha value is -2.07. The highest BCUT2D eigenvalue weighted by molar-refractivity contribution is 5.96. The highest BCUT2D eigenvalue weighted by Crippen LogP contribution is 2.38. The van der Waals surface area contributed by atoms with Gasteiger partial charge in [0.1, 0.15) is 0 Å². The number of likely N-dealkylation sites (N-methyl/N-ethyl adjacent to an activating group) is 1. The third-order valence-electron chi connectivity index (χ3n) is 5.62. The lowest BCUT2D eigenvalue weighted by atomic mass is 9.85. The van der Waals surface area contributed by atoms with Gasteiger partial charge in [0.15, 0.2) is 0 Å². The number of nitrogens with zero attached hydrogens (tertiary/aromatic N) is 3. The molecule has 4 rings (SSSR count). The van der Waals surface area contributed by atoms with E-state index in [1.807, 2.05) is 4.90 Å². The molecule has 1 amide bonds. The zero-order valence-electron chi connectivity index (χ0n) is 14.7. The monoisotopic (exact) mass is 323 g/mol. The van der Waals surface area contributed by atoms with Crippen LogP contribution in [0.25, 0.3) is 16.5 Å². The maximum absolute atomic E-state index is 12.9. The predicted octanol–water partition coefficient (Wildman–Crippen LogP) is 2.84. The molecule has 2 aromatic rings. The molecule has 2 aliphatic heterocycles. The first-order chi connectivity index (χ1) is 11.6. The number of hydrogen-bond acceptors (Lipinski definition) is 2. The van der Waals surface area contributed by atoms with E-state index >= 15 is 0 Å². The third kappa shape index (κ3) is 2.20. The van der Waals surface area contributed by atoms with Crippen LogP contribution in [0.4, 0.5) is 0 Å². The first-order valence-electron chi connectivity index (χ1n) is 8.93. The van der Waals surface area contributed by atoms with E-state index in [9.17, 15) is 4.79 Å². The van der Waals surface area contributed by atoms with Crippen molar-refractivity contribution in [3.8, 4) is 0 Å². The number of amides is 1. The van der Waals surface area contributed by atoms with Gasteiger partial charge in [0.2, 0.25) is 5.91 Å². The summed E-state index contributed by atoms with van der Waals surface area (Å²) in [6, 6.07) is 9.04. The molecule has 4 heteroatoms. The molecule has 0 unspecified atom stereocenters. The molecule has 0 N–H and O–H groups in total. The largest absolute Gasteiger partial charge is 0.345 e. The summed E-state index contributed by atoms with van der Waals surface area (Å²) in [5, 5.41) is 1.28. The molecule has 126 valence electrons. The van der Waals surface area contributed by atoms with E-state index in [4.69, 9.17) is 0 Å². The molecule has 0 saturated carbocycles. The fraction of sp³-hybridized carbons (Fsp3) is 0.450. The van der Waals surface area contributed by atoms with Gasteiger partial charge in [0, 0.05) is 43.3 Å². The Bertz CT molecular complexity index is 815. The van der Waals surface area contributed by atoms with E-state index in [1.165, 1.54) is 22.0 Å². The number of fused-ring (bicyclic) bond motifs is 2. The molecule has 1 aromatic heterocycles. The van der Waals surface area contributed by atoms with Crippen LogP contribution in [-0.4, -0.2) is 53.0 Å². The molecule has 1 aromatic carbocycles. The number of para-hydroxylation sites is 1. The van der Waals surface area contributed by atoms with Crippen molar-refractivity contribution >= 4 is 22.4 Å². The summed E-state index contributed by atoms with van der Waals surface area (Å²) in [5.41, 5.74) is 3.92. The topological polar surface area (TPSA) is 28.5 Å². The fourth-order valence-electron chi connectivity index (χ4n) is 4.31.